The zero-order chi connectivity index (χ0) is 15.7. The Kier molecular flexibility index (Phi) is 2.90. The topological polar surface area (TPSA) is 108 Å². The molecule has 1 heterocycles. The van der Waals surface area contributed by atoms with Crippen LogP contribution >= 0.6 is 0 Å². The number of hydrogen-bond donors (Lipinski definition) is 0. The van der Waals surface area contributed by atoms with E-state index in [2.05, 4.69) is 4.98 Å². The fraction of sp³-hybridized carbons (Fsp3) is 0. The third kappa shape index (κ3) is 1.65. The molecule has 0 atom stereocenters. The third-order valence-corrected chi connectivity index (χ3v) is 3.43. The van der Waals surface area contributed by atoms with Crippen LogP contribution in [0, 0.1) is 45.3 Å². The number of nitriles is 4. The number of aromatic nitrogens is 1. The van der Waals surface area contributed by atoms with E-state index < -0.39 is 0 Å². The second-order valence-electron chi connectivity index (χ2n) is 4.53. The lowest BCUT2D eigenvalue weighted by Crippen LogP contribution is -1.99. The van der Waals surface area contributed by atoms with Gasteiger partial charge in [0.1, 0.15) is 23.8 Å². The molecule has 0 aliphatic carbocycles. The molecule has 1 aromatic heterocycles. The van der Waals surface area contributed by atoms with Gasteiger partial charge in [-0.3, -0.25) is 0 Å². The Labute approximate surface area is 125 Å². The van der Waals surface area contributed by atoms with Crippen LogP contribution in [-0.4, -0.2) is 4.98 Å². The van der Waals surface area contributed by atoms with Crippen molar-refractivity contribution in [2.45, 2.75) is 0 Å². The standard InChI is InChI=1S/C17H5N5/c18-6-11-5-10-3-1-2-4-12(10)17-16(11)14(8-20)13(7-19)15(9-21)22-17/h1-5H. The van der Waals surface area contributed by atoms with Crippen molar-refractivity contribution in [2.75, 3.05) is 0 Å². The summed E-state index contributed by atoms with van der Waals surface area (Å²) < 4.78 is 0. The highest BCUT2D eigenvalue weighted by Gasteiger charge is 2.19. The number of rotatable bonds is 0. The second kappa shape index (κ2) is 4.88. The lowest BCUT2D eigenvalue weighted by Gasteiger charge is -2.09. The van der Waals surface area contributed by atoms with Crippen LogP contribution < -0.4 is 0 Å². The average molecular weight is 279 g/mol. The summed E-state index contributed by atoms with van der Waals surface area (Å²) >= 11 is 0. The highest BCUT2D eigenvalue weighted by atomic mass is 14.7. The van der Waals surface area contributed by atoms with Gasteiger partial charge in [0.2, 0.25) is 0 Å². The van der Waals surface area contributed by atoms with E-state index in [0.717, 1.165) is 10.8 Å². The Morgan fingerprint density at radius 2 is 1.55 bits per heavy atom. The molecular formula is C17H5N5. The summed E-state index contributed by atoms with van der Waals surface area (Å²) in [5.41, 5.74) is 0.475. The number of nitrogens with zero attached hydrogens (tertiary/aromatic N) is 5. The molecule has 0 radical (unpaired) electrons. The van der Waals surface area contributed by atoms with Crippen LogP contribution in [0.3, 0.4) is 0 Å². The first-order valence-electron chi connectivity index (χ1n) is 6.25. The SMILES string of the molecule is N#Cc1nc2c(c(C#N)cc3ccccc32)c(C#N)c1C#N. The molecule has 0 aliphatic heterocycles. The summed E-state index contributed by atoms with van der Waals surface area (Å²) in [5.74, 6) is 0. The van der Waals surface area contributed by atoms with E-state index in [-0.39, 0.29) is 22.4 Å². The molecule has 0 unspecified atom stereocenters. The van der Waals surface area contributed by atoms with Crippen LogP contribution in [-0.2, 0) is 0 Å². The summed E-state index contributed by atoms with van der Waals surface area (Å²) in [5, 5.41) is 39.0. The highest BCUT2D eigenvalue weighted by Crippen LogP contribution is 2.31. The highest BCUT2D eigenvalue weighted by molar-refractivity contribution is 6.10. The molecule has 0 aliphatic rings. The van der Waals surface area contributed by atoms with E-state index in [9.17, 15) is 21.0 Å². The van der Waals surface area contributed by atoms with Gasteiger partial charge in [-0.05, 0) is 11.5 Å². The molecule has 0 N–H and O–H groups in total. The van der Waals surface area contributed by atoms with Crippen LogP contribution in [0.15, 0.2) is 30.3 Å². The molecule has 3 aromatic rings. The van der Waals surface area contributed by atoms with E-state index in [1.807, 2.05) is 42.5 Å². The van der Waals surface area contributed by atoms with Gasteiger partial charge in [0.25, 0.3) is 0 Å². The van der Waals surface area contributed by atoms with Gasteiger partial charge >= 0.3 is 0 Å². The van der Waals surface area contributed by atoms with Crippen molar-refractivity contribution >= 4 is 21.7 Å². The minimum Gasteiger partial charge on any atom is -0.235 e. The summed E-state index contributed by atoms with van der Waals surface area (Å²) in [4.78, 5) is 4.22. The maximum Gasteiger partial charge on any atom is 0.160 e. The fourth-order valence-electron chi connectivity index (χ4n) is 2.50. The van der Waals surface area contributed by atoms with Crippen LogP contribution in [0.25, 0.3) is 21.7 Å². The molecule has 22 heavy (non-hydrogen) atoms. The predicted molar refractivity (Wildman–Crippen MR) is 78.1 cm³/mol. The quantitative estimate of drug-likeness (QED) is 0.588. The first-order valence-corrected chi connectivity index (χ1v) is 6.25. The molecule has 0 saturated carbocycles. The van der Waals surface area contributed by atoms with Crippen molar-refractivity contribution in [1.29, 1.82) is 21.0 Å². The first kappa shape index (κ1) is 13.1. The third-order valence-electron chi connectivity index (χ3n) is 3.43. The van der Waals surface area contributed by atoms with E-state index in [4.69, 9.17) is 0 Å². The zero-order valence-electron chi connectivity index (χ0n) is 11.1. The molecular weight excluding hydrogens is 274 g/mol. The Hall–Kier alpha value is -3.93. The monoisotopic (exact) mass is 279 g/mol. The van der Waals surface area contributed by atoms with Crippen molar-refractivity contribution in [3.63, 3.8) is 0 Å². The Balaban J connectivity index is 2.74. The van der Waals surface area contributed by atoms with Crippen LogP contribution in [0.4, 0.5) is 0 Å². The smallest absolute Gasteiger partial charge is 0.160 e. The van der Waals surface area contributed by atoms with Gasteiger partial charge in [-0.25, -0.2) is 4.98 Å². The van der Waals surface area contributed by atoms with E-state index >= 15 is 0 Å². The number of benzene rings is 2. The Morgan fingerprint density at radius 3 is 2.18 bits per heavy atom. The van der Waals surface area contributed by atoms with Gasteiger partial charge in [0.15, 0.2) is 5.69 Å². The molecule has 0 amide bonds. The molecule has 0 saturated heterocycles. The number of pyridine rings is 1. The second-order valence-corrected chi connectivity index (χ2v) is 4.53. The molecule has 0 fully saturated rings. The maximum atomic E-state index is 9.41. The zero-order valence-corrected chi connectivity index (χ0v) is 11.1. The summed E-state index contributed by atoms with van der Waals surface area (Å²) in [6, 6.07) is 16.6. The molecule has 3 rings (SSSR count). The molecule has 98 valence electrons. The minimum atomic E-state index is -0.105. The molecule has 0 bridgehead atoms. The van der Waals surface area contributed by atoms with Gasteiger partial charge in [0, 0.05) is 10.8 Å². The summed E-state index contributed by atoms with van der Waals surface area (Å²) in [6.07, 6.45) is 0. The van der Waals surface area contributed by atoms with Crippen LogP contribution in [0.2, 0.25) is 0 Å². The van der Waals surface area contributed by atoms with Gasteiger partial charge in [-0.1, -0.05) is 24.3 Å². The Morgan fingerprint density at radius 1 is 0.818 bits per heavy atom. The van der Waals surface area contributed by atoms with Crippen molar-refractivity contribution in [3.05, 3.63) is 52.7 Å². The van der Waals surface area contributed by atoms with E-state index in [1.54, 1.807) is 12.1 Å². The molecule has 5 nitrogen and oxygen atoms in total. The Bertz CT molecular complexity index is 1110. The van der Waals surface area contributed by atoms with Crippen molar-refractivity contribution < 1.29 is 0 Å². The van der Waals surface area contributed by atoms with Crippen molar-refractivity contribution in [1.82, 2.24) is 4.98 Å². The van der Waals surface area contributed by atoms with Crippen LogP contribution in [0.1, 0.15) is 22.4 Å². The largest absolute Gasteiger partial charge is 0.235 e. The lowest BCUT2D eigenvalue weighted by atomic mass is 9.95. The fourth-order valence-corrected chi connectivity index (χ4v) is 2.50. The van der Waals surface area contributed by atoms with Gasteiger partial charge in [0.05, 0.1) is 22.7 Å². The first-order chi connectivity index (χ1) is 10.7. The van der Waals surface area contributed by atoms with Gasteiger partial charge in [-0.2, -0.15) is 21.0 Å². The van der Waals surface area contributed by atoms with Gasteiger partial charge < -0.3 is 0 Å². The molecule has 2 aromatic carbocycles. The van der Waals surface area contributed by atoms with Crippen molar-refractivity contribution in [2.24, 2.45) is 0 Å². The average Bonchev–Trinajstić information content (AvgIpc) is 2.58. The summed E-state index contributed by atoms with van der Waals surface area (Å²) in [6.45, 7) is 0. The number of fused-ring (bicyclic) bond motifs is 3. The number of hydrogen-bond acceptors (Lipinski definition) is 5. The van der Waals surface area contributed by atoms with E-state index in [0.29, 0.717) is 10.9 Å². The summed E-state index contributed by atoms with van der Waals surface area (Å²) in [7, 11) is 0. The van der Waals surface area contributed by atoms with Crippen molar-refractivity contribution in [3.8, 4) is 24.3 Å². The lowest BCUT2D eigenvalue weighted by molar-refractivity contribution is 1.29. The normalized spacial score (nSPS) is 9.64. The molecule has 0 spiro atoms. The molecule has 5 heteroatoms. The predicted octanol–water partition coefficient (Wildman–Crippen LogP) is 2.87. The maximum absolute atomic E-state index is 9.41. The van der Waals surface area contributed by atoms with E-state index in [1.165, 1.54) is 0 Å². The minimum absolute atomic E-state index is 0.0198. The van der Waals surface area contributed by atoms with Crippen LogP contribution in [0.5, 0.6) is 0 Å². The van der Waals surface area contributed by atoms with Gasteiger partial charge in [-0.15, -0.1) is 0 Å².